The number of aromatic hydroxyl groups is 1. The molecule has 2 saturated heterocycles. The van der Waals surface area contributed by atoms with Gasteiger partial charge in [0.25, 0.3) is 11.8 Å². The fourth-order valence-electron chi connectivity index (χ4n) is 4.56. The molecule has 9 heteroatoms. The molecule has 0 radical (unpaired) electrons. The lowest BCUT2D eigenvalue weighted by atomic mass is 9.77. The molecule has 2 aliphatic heterocycles. The summed E-state index contributed by atoms with van der Waals surface area (Å²) in [5, 5.41) is 13.7. The Morgan fingerprint density at radius 3 is 2.50 bits per heavy atom. The summed E-state index contributed by atoms with van der Waals surface area (Å²) in [5.74, 6) is 0.0570. The zero-order chi connectivity index (χ0) is 21.3. The molecule has 2 heterocycles. The quantitative estimate of drug-likeness (QED) is 0.635. The second-order valence-corrected chi connectivity index (χ2v) is 8.62. The molecule has 3 fully saturated rings. The normalized spacial score (nSPS) is 27.4. The summed E-state index contributed by atoms with van der Waals surface area (Å²) in [6.45, 7) is 4.89. The van der Waals surface area contributed by atoms with E-state index < -0.39 is 11.6 Å². The fraction of sp³-hybridized carbons (Fsp3) is 0.571. The summed E-state index contributed by atoms with van der Waals surface area (Å²) in [4.78, 5) is 41.7. The summed E-state index contributed by atoms with van der Waals surface area (Å²) >= 11 is 0. The van der Waals surface area contributed by atoms with E-state index in [9.17, 15) is 19.5 Å². The highest BCUT2D eigenvalue weighted by molar-refractivity contribution is 6.08. The molecule has 1 saturated carbocycles. The highest BCUT2D eigenvalue weighted by Gasteiger charge is 2.52. The number of amides is 4. The van der Waals surface area contributed by atoms with Gasteiger partial charge in [-0.15, -0.1) is 0 Å². The second kappa shape index (κ2) is 8.14. The summed E-state index contributed by atoms with van der Waals surface area (Å²) in [6, 6.07) is 6.65. The molecule has 162 valence electrons. The van der Waals surface area contributed by atoms with Crippen LogP contribution < -0.4 is 15.6 Å². The molecular weight excluding hydrogens is 386 g/mol. The number of nitrogens with one attached hydrogen (secondary N) is 2. The monoisotopic (exact) mass is 415 g/mol. The minimum absolute atomic E-state index is 0.107. The number of hydrogen-bond donors (Lipinski definition) is 3. The molecule has 3 aliphatic rings. The molecule has 1 spiro atoms. The average Bonchev–Trinajstić information content (AvgIpc) is 2.95. The topological polar surface area (TPSA) is 105 Å². The van der Waals surface area contributed by atoms with Crippen molar-refractivity contribution in [3.8, 4) is 5.75 Å². The Hall–Kier alpha value is -2.81. The van der Waals surface area contributed by atoms with E-state index in [-0.39, 0.29) is 24.1 Å². The maximum atomic E-state index is 12.8. The van der Waals surface area contributed by atoms with Crippen molar-refractivity contribution in [1.82, 2.24) is 20.7 Å². The van der Waals surface area contributed by atoms with Gasteiger partial charge in [0, 0.05) is 26.2 Å². The third kappa shape index (κ3) is 3.94. The number of phenolic OH excluding ortho intramolecular Hbond substituents is 1. The molecule has 4 rings (SSSR count). The third-order valence-electron chi connectivity index (χ3n) is 6.49. The smallest absolute Gasteiger partial charge is 0.344 e. The molecular formula is C21H29N5O4. The van der Waals surface area contributed by atoms with Crippen LogP contribution in [-0.2, 0) is 9.59 Å². The first-order valence-electron chi connectivity index (χ1n) is 10.6. The van der Waals surface area contributed by atoms with E-state index in [1.54, 1.807) is 12.1 Å². The molecule has 1 aromatic rings. The second-order valence-electron chi connectivity index (χ2n) is 8.62. The van der Waals surface area contributed by atoms with Crippen molar-refractivity contribution in [1.29, 1.82) is 0 Å². The van der Waals surface area contributed by atoms with Gasteiger partial charge < -0.3 is 15.3 Å². The number of imide groups is 1. The first kappa shape index (κ1) is 20.5. The number of phenols is 1. The van der Waals surface area contributed by atoms with Gasteiger partial charge in [0.2, 0.25) is 0 Å². The van der Waals surface area contributed by atoms with Gasteiger partial charge in [-0.3, -0.25) is 19.9 Å². The van der Waals surface area contributed by atoms with Crippen molar-refractivity contribution in [3.05, 3.63) is 24.3 Å². The Morgan fingerprint density at radius 2 is 1.83 bits per heavy atom. The number of rotatable bonds is 4. The minimum atomic E-state index is -0.861. The predicted molar refractivity (Wildman–Crippen MR) is 111 cm³/mol. The van der Waals surface area contributed by atoms with Crippen molar-refractivity contribution in [2.75, 3.05) is 37.6 Å². The lowest BCUT2D eigenvalue weighted by molar-refractivity contribution is -0.140. The molecule has 3 N–H and O–H groups in total. The number of nitrogens with zero attached hydrogens (tertiary/aromatic N) is 3. The summed E-state index contributed by atoms with van der Waals surface area (Å²) < 4.78 is 0. The van der Waals surface area contributed by atoms with Crippen LogP contribution in [0.4, 0.5) is 10.5 Å². The number of para-hydroxylation sites is 2. The van der Waals surface area contributed by atoms with Crippen LogP contribution in [0.25, 0.3) is 0 Å². The minimum Gasteiger partial charge on any atom is -0.506 e. The SMILES string of the molecule is CC1CCC2(CC1)NC(=O)N(NC(=O)CN1CCN(c3ccccc3O)CC1)C2=O. The summed E-state index contributed by atoms with van der Waals surface area (Å²) in [7, 11) is 0. The summed E-state index contributed by atoms with van der Waals surface area (Å²) in [6.07, 6.45) is 2.99. The molecule has 30 heavy (non-hydrogen) atoms. The third-order valence-corrected chi connectivity index (χ3v) is 6.49. The maximum Gasteiger partial charge on any atom is 0.344 e. The molecule has 0 unspecified atom stereocenters. The standard InChI is InChI=1S/C21H29N5O4/c1-15-6-8-21(9-7-15)19(29)26(20(30)22-21)23-18(28)14-24-10-12-25(13-11-24)16-4-2-3-5-17(16)27/h2-5,15,27H,6-14H2,1H3,(H,22,30)(H,23,28). The Balaban J connectivity index is 1.29. The lowest BCUT2D eigenvalue weighted by Crippen LogP contribution is -2.54. The number of hydrogen-bond acceptors (Lipinski definition) is 6. The molecule has 4 amide bonds. The van der Waals surface area contributed by atoms with E-state index in [1.807, 2.05) is 17.0 Å². The van der Waals surface area contributed by atoms with E-state index in [4.69, 9.17) is 0 Å². The molecule has 0 aromatic heterocycles. The Kier molecular flexibility index (Phi) is 5.55. The first-order valence-corrected chi connectivity index (χ1v) is 10.6. The van der Waals surface area contributed by atoms with Gasteiger partial charge in [-0.2, -0.15) is 5.01 Å². The van der Waals surface area contributed by atoms with Crippen LogP contribution in [0.3, 0.4) is 0 Å². The number of anilines is 1. The number of carbonyl (C=O) groups is 3. The predicted octanol–water partition coefficient (Wildman–Crippen LogP) is 1.05. The van der Waals surface area contributed by atoms with Gasteiger partial charge in [-0.1, -0.05) is 19.1 Å². The number of carbonyl (C=O) groups excluding carboxylic acids is 3. The van der Waals surface area contributed by atoms with Crippen LogP contribution in [0, 0.1) is 5.92 Å². The van der Waals surface area contributed by atoms with Gasteiger partial charge in [0.05, 0.1) is 12.2 Å². The van der Waals surface area contributed by atoms with Gasteiger partial charge in [-0.25, -0.2) is 4.79 Å². The Labute approximate surface area is 176 Å². The van der Waals surface area contributed by atoms with Crippen molar-refractivity contribution >= 4 is 23.5 Å². The Morgan fingerprint density at radius 1 is 1.17 bits per heavy atom. The summed E-state index contributed by atoms with van der Waals surface area (Å²) in [5.41, 5.74) is 2.42. The Bertz CT molecular complexity index is 828. The van der Waals surface area contributed by atoms with E-state index >= 15 is 0 Å². The van der Waals surface area contributed by atoms with Crippen LogP contribution in [0.1, 0.15) is 32.6 Å². The highest BCUT2D eigenvalue weighted by atomic mass is 16.3. The van der Waals surface area contributed by atoms with Gasteiger partial charge in [0.15, 0.2) is 0 Å². The fourth-order valence-corrected chi connectivity index (χ4v) is 4.56. The van der Waals surface area contributed by atoms with Crippen molar-refractivity contribution in [3.63, 3.8) is 0 Å². The van der Waals surface area contributed by atoms with Crippen LogP contribution >= 0.6 is 0 Å². The van der Waals surface area contributed by atoms with Crippen LogP contribution in [-0.4, -0.2) is 71.1 Å². The first-order chi connectivity index (χ1) is 14.4. The maximum absolute atomic E-state index is 12.8. The van der Waals surface area contributed by atoms with Crippen LogP contribution in [0.15, 0.2) is 24.3 Å². The lowest BCUT2D eigenvalue weighted by Gasteiger charge is -2.36. The average molecular weight is 415 g/mol. The largest absolute Gasteiger partial charge is 0.506 e. The van der Waals surface area contributed by atoms with Crippen molar-refractivity contribution in [2.45, 2.75) is 38.1 Å². The zero-order valence-corrected chi connectivity index (χ0v) is 17.3. The number of benzene rings is 1. The van der Waals surface area contributed by atoms with E-state index in [0.717, 1.165) is 23.5 Å². The highest BCUT2D eigenvalue weighted by Crippen LogP contribution is 2.35. The van der Waals surface area contributed by atoms with Gasteiger partial charge >= 0.3 is 6.03 Å². The number of urea groups is 1. The number of piperazine rings is 1. The number of hydrazine groups is 1. The van der Waals surface area contributed by atoms with Crippen LogP contribution in [0.5, 0.6) is 5.75 Å². The van der Waals surface area contributed by atoms with Crippen molar-refractivity contribution < 1.29 is 19.5 Å². The molecule has 0 bridgehead atoms. The van der Waals surface area contributed by atoms with E-state index in [2.05, 4.69) is 22.6 Å². The van der Waals surface area contributed by atoms with E-state index in [1.165, 1.54) is 0 Å². The molecule has 1 aromatic carbocycles. The van der Waals surface area contributed by atoms with Gasteiger partial charge in [0.1, 0.15) is 11.3 Å². The molecule has 1 aliphatic carbocycles. The van der Waals surface area contributed by atoms with Gasteiger partial charge in [-0.05, 0) is 43.7 Å². The zero-order valence-electron chi connectivity index (χ0n) is 17.3. The molecule has 9 nitrogen and oxygen atoms in total. The van der Waals surface area contributed by atoms with Crippen LogP contribution in [0.2, 0.25) is 0 Å². The van der Waals surface area contributed by atoms with Crippen molar-refractivity contribution in [2.24, 2.45) is 5.92 Å². The van der Waals surface area contributed by atoms with E-state index in [0.29, 0.717) is 44.9 Å². The molecule has 0 atom stereocenters.